The minimum atomic E-state index is -4.50. The van der Waals surface area contributed by atoms with Crippen LogP contribution in [0.2, 0.25) is 0 Å². The third kappa shape index (κ3) is 3.44. The van der Waals surface area contributed by atoms with Gasteiger partial charge >= 0.3 is 12.1 Å². The van der Waals surface area contributed by atoms with Crippen LogP contribution in [0.15, 0.2) is 30.3 Å². The quantitative estimate of drug-likeness (QED) is 0.632. The lowest BCUT2D eigenvalue weighted by Gasteiger charge is -2.12. The highest BCUT2D eigenvalue weighted by Crippen LogP contribution is 2.36. The monoisotopic (exact) mass is 309 g/mol. The molecule has 1 heterocycles. The fourth-order valence-corrected chi connectivity index (χ4v) is 2.17. The molecule has 2 rings (SSSR count). The molecule has 0 bridgehead atoms. The zero-order valence-electron chi connectivity index (χ0n) is 12.1. The molecule has 1 aromatic heterocycles. The van der Waals surface area contributed by atoms with Crippen LogP contribution < -0.4 is 0 Å². The molecule has 1 aromatic carbocycles. The molecule has 0 aliphatic heterocycles. The van der Waals surface area contributed by atoms with Gasteiger partial charge in [0.05, 0.1) is 17.7 Å². The van der Waals surface area contributed by atoms with Crippen LogP contribution in [0.3, 0.4) is 0 Å². The number of pyridine rings is 1. The summed E-state index contributed by atoms with van der Waals surface area (Å²) in [5.74, 6) is -0.602. The lowest BCUT2D eigenvalue weighted by molar-refractivity contribution is -0.137. The molecule has 6 heteroatoms. The molecule has 0 radical (unpaired) electrons. The van der Waals surface area contributed by atoms with Crippen LogP contribution in [-0.4, -0.2) is 17.6 Å². The molecular weight excluding hydrogens is 295 g/mol. The predicted octanol–water partition coefficient (Wildman–Crippen LogP) is 4.14. The van der Waals surface area contributed by atoms with Gasteiger partial charge in [-0.05, 0) is 43.7 Å². The van der Waals surface area contributed by atoms with Gasteiger partial charge in [-0.2, -0.15) is 13.2 Å². The Kier molecular flexibility index (Phi) is 4.49. The Morgan fingerprint density at radius 3 is 2.73 bits per heavy atom. The van der Waals surface area contributed by atoms with Gasteiger partial charge in [0.2, 0.25) is 0 Å². The molecule has 0 N–H and O–H groups in total. The number of carbonyl (C=O) groups is 1. The van der Waals surface area contributed by atoms with Crippen LogP contribution in [0.5, 0.6) is 0 Å². The maximum atomic E-state index is 13.2. The zero-order chi connectivity index (χ0) is 16.3. The summed E-state index contributed by atoms with van der Waals surface area (Å²) in [6, 6.07) is 5.34. The summed E-state index contributed by atoms with van der Waals surface area (Å²) in [6.07, 6.45) is -2.06. The van der Waals surface area contributed by atoms with Gasteiger partial charge in [0.15, 0.2) is 0 Å². The number of hydrogen-bond donors (Lipinski definition) is 0. The number of nitrogens with zero attached hydrogens (tertiary/aromatic N) is 1. The number of hydrogen-bond acceptors (Lipinski definition) is 3. The van der Waals surface area contributed by atoms with Gasteiger partial charge in [-0.25, -0.2) is 4.79 Å². The van der Waals surface area contributed by atoms with E-state index in [0.29, 0.717) is 5.69 Å². The van der Waals surface area contributed by atoms with Gasteiger partial charge in [-0.1, -0.05) is 6.07 Å². The third-order valence-electron chi connectivity index (χ3n) is 2.98. The summed E-state index contributed by atoms with van der Waals surface area (Å²) < 4.78 is 44.3. The molecule has 22 heavy (non-hydrogen) atoms. The SMILES string of the molecule is CCOC(=O)/C=C/c1cc(C)nc2cccc(C(F)(F)F)c12. The fourth-order valence-electron chi connectivity index (χ4n) is 2.17. The largest absolute Gasteiger partial charge is 0.463 e. The molecule has 3 nitrogen and oxygen atoms in total. The third-order valence-corrected chi connectivity index (χ3v) is 2.98. The second-order valence-electron chi connectivity index (χ2n) is 4.64. The molecule has 0 unspecified atom stereocenters. The van der Waals surface area contributed by atoms with Crippen molar-refractivity contribution in [3.63, 3.8) is 0 Å². The number of fused-ring (bicyclic) bond motifs is 1. The highest BCUT2D eigenvalue weighted by molar-refractivity contribution is 5.95. The van der Waals surface area contributed by atoms with Crippen LogP contribution in [-0.2, 0) is 15.7 Å². The van der Waals surface area contributed by atoms with Crippen molar-refractivity contribution in [1.29, 1.82) is 0 Å². The van der Waals surface area contributed by atoms with Crippen molar-refractivity contribution in [2.45, 2.75) is 20.0 Å². The molecule has 0 aliphatic rings. The summed E-state index contributed by atoms with van der Waals surface area (Å²) in [7, 11) is 0. The normalized spacial score (nSPS) is 12.0. The second-order valence-corrected chi connectivity index (χ2v) is 4.64. The second kappa shape index (κ2) is 6.17. The molecule has 0 aliphatic carbocycles. The number of ether oxygens (including phenoxy) is 1. The van der Waals surface area contributed by atoms with E-state index in [9.17, 15) is 18.0 Å². The van der Waals surface area contributed by atoms with Gasteiger partial charge in [0.25, 0.3) is 0 Å². The van der Waals surface area contributed by atoms with Crippen LogP contribution >= 0.6 is 0 Å². The van der Waals surface area contributed by atoms with Crippen molar-refractivity contribution >= 4 is 22.9 Å². The van der Waals surface area contributed by atoms with Crippen molar-refractivity contribution in [1.82, 2.24) is 4.98 Å². The van der Waals surface area contributed by atoms with Crippen LogP contribution in [0.25, 0.3) is 17.0 Å². The van der Waals surface area contributed by atoms with E-state index in [1.165, 1.54) is 24.3 Å². The van der Waals surface area contributed by atoms with E-state index in [0.717, 1.165) is 12.1 Å². The van der Waals surface area contributed by atoms with E-state index in [1.807, 2.05) is 0 Å². The first-order chi connectivity index (χ1) is 10.3. The number of alkyl halides is 3. The van der Waals surface area contributed by atoms with Crippen molar-refractivity contribution in [3.8, 4) is 0 Å². The van der Waals surface area contributed by atoms with Crippen molar-refractivity contribution < 1.29 is 22.7 Å². The topological polar surface area (TPSA) is 39.2 Å². The molecule has 0 atom stereocenters. The lowest BCUT2D eigenvalue weighted by Crippen LogP contribution is -2.07. The van der Waals surface area contributed by atoms with Crippen LogP contribution in [0, 0.1) is 6.92 Å². The minimum Gasteiger partial charge on any atom is -0.463 e. The number of rotatable bonds is 3. The first kappa shape index (κ1) is 16.0. The van der Waals surface area contributed by atoms with E-state index in [4.69, 9.17) is 4.74 Å². The molecule has 0 fully saturated rings. The molecule has 0 amide bonds. The highest BCUT2D eigenvalue weighted by Gasteiger charge is 2.33. The first-order valence-electron chi connectivity index (χ1n) is 6.65. The lowest BCUT2D eigenvalue weighted by atomic mass is 10.0. The van der Waals surface area contributed by atoms with E-state index in [2.05, 4.69) is 4.98 Å². The Labute approximate surface area is 125 Å². The molecule has 2 aromatic rings. The Morgan fingerprint density at radius 2 is 2.09 bits per heavy atom. The Bertz CT molecular complexity index is 736. The smallest absolute Gasteiger partial charge is 0.417 e. The summed E-state index contributed by atoms with van der Waals surface area (Å²) in [5.41, 5.74) is 0.304. The van der Waals surface area contributed by atoms with Gasteiger partial charge in [0.1, 0.15) is 0 Å². The standard InChI is InChI=1S/C16H14F3NO2/c1-3-22-14(21)8-7-11-9-10(2)20-13-6-4-5-12(15(11)13)16(17,18)19/h4-9H,3H2,1-2H3/b8-7+. The minimum absolute atomic E-state index is 0.0267. The Morgan fingerprint density at radius 1 is 1.36 bits per heavy atom. The zero-order valence-corrected chi connectivity index (χ0v) is 12.1. The Hall–Kier alpha value is -2.37. The highest BCUT2D eigenvalue weighted by atomic mass is 19.4. The van der Waals surface area contributed by atoms with Gasteiger partial charge < -0.3 is 4.74 Å². The molecule has 0 saturated heterocycles. The maximum Gasteiger partial charge on any atom is 0.417 e. The van der Waals surface area contributed by atoms with Crippen molar-refractivity contribution in [2.75, 3.05) is 6.61 Å². The summed E-state index contributed by atoms with van der Waals surface area (Å²) in [4.78, 5) is 15.5. The van der Waals surface area contributed by atoms with E-state index < -0.39 is 17.7 Å². The molecular formula is C16H14F3NO2. The number of aromatic nitrogens is 1. The predicted molar refractivity (Wildman–Crippen MR) is 77.1 cm³/mol. The molecule has 0 saturated carbocycles. The van der Waals surface area contributed by atoms with Crippen LogP contribution in [0.4, 0.5) is 13.2 Å². The average molecular weight is 309 g/mol. The Balaban J connectivity index is 2.64. The van der Waals surface area contributed by atoms with Gasteiger partial charge in [-0.15, -0.1) is 0 Å². The summed E-state index contributed by atoms with van der Waals surface area (Å²) in [5, 5.41) is -0.0267. The number of aryl methyl sites for hydroxylation is 1. The number of halogens is 3. The van der Waals surface area contributed by atoms with E-state index in [-0.39, 0.29) is 23.1 Å². The van der Waals surface area contributed by atoms with E-state index in [1.54, 1.807) is 13.8 Å². The number of esters is 1. The van der Waals surface area contributed by atoms with Crippen molar-refractivity contribution in [3.05, 3.63) is 47.2 Å². The van der Waals surface area contributed by atoms with Crippen molar-refractivity contribution in [2.24, 2.45) is 0 Å². The summed E-state index contributed by atoms with van der Waals surface area (Å²) in [6.45, 7) is 3.54. The summed E-state index contributed by atoms with van der Waals surface area (Å²) >= 11 is 0. The number of carbonyl (C=O) groups excluding carboxylic acids is 1. The fraction of sp³-hybridized carbons (Fsp3) is 0.250. The molecule has 0 spiro atoms. The van der Waals surface area contributed by atoms with Gasteiger partial charge in [-0.3, -0.25) is 4.98 Å². The first-order valence-corrected chi connectivity index (χ1v) is 6.65. The maximum absolute atomic E-state index is 13.2. The van der Waals surface area contributed by atoms with E-state index >= 15 is 0 Å². The molecule has 116 valence electrons. The number of benzene rings is 1. The van der Waals surface area contributed by atoms with Crippen LogP contribution in [0.1, 0.15) is 23.7 Å². The van der Waals surface area contributed by atoms with Gasteiger partial charge in [0, 0.05) is 17.2 Å². The average Bonchev–Trinajstić information content (AvgIpc) is 2.43.